The van der Waals surface area contributed by atoms with E-state index in [0.717, 1.165) is 5.92 Å². The zero-order chi connectivity index (χ0) is 14.9. The van der Waals surface area contributed by atoms with Gasteiger partial charge in [0.25, 0.3) is 0 Å². The third-order valence-corrected chi connectivity index (χ3v) is 9.35. The van der Waals surface area contributed by atoms with Gasteiger partial charge in [-0.05, 0) is 94.5 Å². The van der Waals surface area contributed by atoms with E-state index in [4.69, 9.17) is 0 Å². The van der Waals surface area contributed by atoms with Crippen LogP contribution in [0, 0.1) is 22.2 Å². The molecular formula is C18H24Br2S. The molecule has 116 valence electrons. The first-order chi connectivity index (χ1) is 9.81. The van der Waals surface area contributed by atoms with Crippen molar-refractivity contribution >= 4 is 43.2 Å². The summed E-state index contributed by atoms with van der Waals surface area (Å²) >= 11 is 9.63. The molecule has 1 aromatic heterocycles. The molecule has 21 heavy (non-hydrogen) atoms. The van der Waals surface area contributed by atoms with E-state index in [1.807, 2.05) is 11.3 Å². The van der Waals surface area contributed by atoms with E-state index in [9.17, 15) is 0 Å². The maximum atomic E-state index is 4.02. The summed E-state index contributed by atoms with van der Waals surface area (Å²) < 4.78 is 1.29. The molecule has 0 saturated heterocycles. The molecular weight excluding hydrogens is 408 g/mol. The van der Waals surface area contributed by atoms with Gasteiger partial charge in [-0.15, -0.1) is 11.3 Å². The molecule has 0 radical (unpaired) electrons. The molecule has 4 aliphatic rings. The van der Waals surface area contributed by atoms with Crippen molar-refractivity contribution in [2.75, 3.05) is 0 Å². The van der Waals surface area contributed by atoms with Gasteiger partial charge in [0.05, 0.1) is 4.83 Å². The van der Waals surface area contributed by atoms with Gasteiger partial charge in [-0.3, -0.25) is 0 Å². The maximum absolute atomic E-state index is 4.02. The normalized spacial score (nSPS) is 46.0. The van der Waals surface area contributed by atoms with E-state index >= 15 is 0 Å². The number of halogens is 2. The van der Waals surface area contributed by atoms with Gasteiger partial charge in [-0.2, -0.15) is 0 Å². The quantitative estimate of drug-likeness (QED) is 0.439. The molecule has 0 aromatic carbocycles. The second-order valence-electron chi connectivity index (χ2n) is 8.93. The summed E-state index contributed by atoms with van der Waals surface area (Å²) in [6.07, 6.45) is 10.2. The lowest BCUT2D eigenvalue weighted by molar-refractivity contribution is -0.147. The number of rotatable bonds is 3. The summed E-state index contributed by atoms with van der Waals surface area (Å²) in [6.45, 7) is 5.16. The summed E-state index contributed by atoms with van der Waals surface area (Å²) in [5.74, 6) is 1.00. The molecule has 3 unspecified atom stereocenters. The summed E-state index contributed by atoms with van der Waals surface area (Å²) in [5.41, 5.74) is 1.86. The van der Waals surface area contributed by atoms with Gasteiger partial charge in [0, 0.05) is 9.35 Å². The van der Waals surface area contributed by atoms with Crippen LogP contribution < -0.4 is 0 Å². The highest BCUT2D eigenvalue weighted by Gasteiger charge is 2.60. The van der Waals surface area contributed by atoms with Crippen LogP contribution >= 0.6 is 43.2 Å². The minimum Gasteiger partial charge on any atom is -0.147 e. The predicted octanol–water partition coefficient (Wildman–Crippen LogP) is 7.33. The van der Waals surface area contributed by atoms with Gasteiger partial charge in [-0.25, -0.2) is 0 Å². The molecule has 1 heterocycles. The lowest BCUT2D eigenvalue weighted by Gasteiger charge is -2.66. The number of hydrogen-bond acceptors (Lipinski definition) is 1. The molecule has 4 fully saturated rings. The van der Waals surface area contributed by atoms with Crippen molar-refractivity contribution in [3.63, 3.8) is 0 Å². The summed E-state index contributed by atoms with van der Waals surface area (Å²) in [4.78, 5) is 2.01. The van der Waals surface area contributed by atoms with Crippen molar-refractivity contribution in [1.82, 2.24) is 0 Å². The van der Waals surface area contributed by atoms with Crippen LogP contribution in [-0.4, -0.2) is 0 Å². The van der Waals surface area contributed by atoms with Gasteiger partial charge in [0.15, 0.2) is 0 Å². The van der Waals surface area contributed by atoms with Crippen LogP contribution in [0.1, 0.15) is 68.5 Å². The molecule has 4 saturated carbocycles. The molecule has 0 amide bonds. The molecule has 0 N–H and O–H groups in total. The van der Waals surface area contributed by atoms with Gasteiger partial charge in [-0.1, -0.05) is 29.8 Å². The van der Waals surface area contributed by atoms with E-state index in [0.29, 0.717) is 21.1 Å². The first-order valence-electron chi connectivity index (χ1n) is 8.18. The van der Waals surface area contributed by atoms with E-state index in [1.54, 1.807) is 0 Å². The lowest BCUT2D eigenvalue weighted by atomic mass is 9.40. The Morgan fingerprint density at radius 2 is 1.86 bits per heavy atom. The van der Waals surface area contributed by atoms with Crippen molar-refractivity contribution in [2.45, 2.75) is 63.6 Å². The largest absolute Gasteiger partial charge is 0.147 e. The first-order valence-corrected chi connectivity index (χ1v) is 10.8. The van der Waals surface area contributed by atoms with Crippen LogP contribution in [0.25, 0.3) is 0 Å². The molecule has 4 aliphatic carbocycles. The van der Waals surface area contributed by atoms with E-state index in [1.165, 1.54) is 54.3 Å². The van der Waals surface area contributed by atoms with Crippen LogP contribution in [0.3, 0.4) is 0 Å². The molecule has 0 nitrogen and oxygen atoms in total. The van der Waals surface area contributed by atoms with Crippen LogP contribution in [0.15, 0.2) is 15.9 Å². The number of thiophene rings is 1. The standard InChI is InChI=1S/C18H24Br2S/c1-16-5-12-6-17(2,9-16)11-18(7-12,10-16)8-14(20)15-13(19)3-4-21-15/h3-4,12,14H,5-11H2,1-2H3. The Bertz CT molecular complexity index is 545. The average molecular weight is 432 g/mol. The SMILES string of the molecule is CC12CC3CC(C)(C1)CC(CC(Br)c1sccc1Br)(C3)C2. The van der Waals surface area contributed by atoms with Gasteiger partial charge < -0.3 is 0 Å². The van der Waals surface area contributed by atoms with Crippen LogP contribution in [0.5, 0.6) is 0 Å². The highest BCUT2D eigenvalue weighted by atomic mass is 79.9. The second kappa shape index (κ2) is 4.83. The topological polar surface area (TPSA) is 0 Å². The van der Waals surface area contributed by atoms with Gasteiger partial charge in [0.1, 0.15) is 0 Å². The number of alkyl halides is 1. The zero-order valence-corrected chi connectivity index (χ0v) is 16.9. The minimum absolute atomic E-state index is 0.523. The minimum atomic E-state index is 0.523. The monoisotopic (exact) mass is 430 g/mol. The second-order valence-corrected chi connectivity index (χ2v) is 11.8. The predicted molar refractivity (Wildman–Crippen MR) is 98.1 cm³/mol. The fraction of sp³-hybridized carbons (Fsp3) is 0.778. The van der Waals surface area contributed by atoms with Crippen molar-refractivity contribution in [1.29, 1.82) is 0 Å². The van der Waals surface area contributed by atoms with Crippen LogP contribution in [0.4, 0.5) is 0 Å². The molecule has 3 heteroatoms. The van der Waals surface area contributed by atoms with Crippen molar-refractivity contribution < 1.29 is 0 Å². The van der Waals surface area contributed by atoms with Gasteiger partial charge in [0.2, 0.25) is 0 Å². The Kier molecular flexibility index (Phi) is 3.50. The third kappa shape index (κ3) is 2.59. The molecule has 5 rings (SSSR count). The Hall–Kier alpha value is 0.660. The Morgan fingerprint density at radius 3 is 2.38 bits per heavy atom. The molecule has 0 spiro atoms. The summed E-state index contributed by atoms with van der Waals surface area (Å²) in [5, 5.41) is 2.20. The zero-order valence-electron chi connectivity index (χ0n) is 12.9. The first kappa shape index (κ1) is 15.2. The molecule has 3 atom stereocenters. The van der Waals surface area contributed by atoms with Gasteiger partial charge >= 0.3 is 0 Å². The van der Waals surface area contributed by atoms with E-state index in [2.05, 4.69) is 57.2 Å². The summed E-state index contributed by atoms with van der Waals surface area (Å²) in [6, 6.07) is 2.19. The lowest BCUT2D eigenvalue weighted by Crippen LogP contribution is -2.55. The molecule has 1 aromatic rings. The van der Waals surface area contributed by atoms with Crippen molar-refractivity contribution in [3.05, 3.63) is 20.8 Å². The highest BCUT2D eigenvalue weighted by molar-refractivity contribution is 9.11. The smallest absolute Gasteiger partial charge is 0.0505 e. The average Bonchev–Trinajstić information content (AvgIpc) is 2.69. The van der Waals surface area contributed by atoms with E-state index < -0.39 is 0 Å². The fourth-order valence-electron chi connectivity index (χ4n) is 6.91. The Morgan fingerprint density at radius 1 is 1.19 bits per heavy atom. The van der Waals surface area contributed by atoms with E-state index in [-0.39, 0.29) is 0 Å². The Labute approximate surface area is 149 Å². The number of hydrogen-bond donors (Lipinski definition) is 0. The van der Waals surface area contributed by atoms with Crippen molar-refractivity contribution in [2.24, 2.45) is 22.2 Å². The summed E-state index contributed by atoms with van der Waals surface area (Å²) in [7, 11) is 0. The third-order valence-electron chi connectivity index (χ3n) is 6.28. The maximum Gasteiger partial charge on any atom is 0.0505 e. The molecule has 4 bridgehead atoms. The van der Waals surface area contributed by atoms with Crippen LogP contribution in [-0.2, 0) is 0 Å². The van der Waals surface area contributed by atoms with Crippen molar-refractivity contribution in [3.8, 4) is 0 Å². The molecule has 0 aliphatic heterocycles. The Balaban J connectivity index is 1.61. The fourth-order valence-corrected chi connectivity index (χ4v) is 10.1. The van der Waals surface area contributed by atoms with Crippen LogP contribution in [0.2, 0.25) is 0 Å². The highest BCUT2D eigenvalue weighted by Crippen LogP contribution is 2.71.